The fraction of sp³-hybridized carbons (Fsp3) is 0.213. The number of anilines is 1. The number of nitrogens with one attached hydrogen (secondary N) is 1. The third-order valence-corrected chi connectivity index (χ3v) is 11.6. The van der Waals surface area contributed by atoms with E-state index in [2.05, 4.69) is 121 Å². The molecule has 2 unspecified atom stereocenters. The Labute approximate surface area is 310 Å². The average Bonchev–Trinajstić information content (AvgIpc) is 3.47. The van der Waals surface area contributed by atoms with E-state index in [4.69, 9.17) is 14.2 Å². The summed E-state index contributed by atoms with van der Waals surface area (Å²) in [5.41, 5.74) is 9.63. The van der Waals surface area contributed by atoms with E-state index in [1.165, 1.54) is 22.3 Å². The van der Waals surface area contributed by atoms with Crippen LogP contribution in [-0.4, -0.2) is 40.1 Å². The van der Waals surface area contributed by atoms with E-state index in [1.807, 2.05) is 30.3 Å². The number of carbonyl (C=O) groups excluding carboxylic acids is 1. The lowest BCUT2D eigenvalue weighted by Gasteiger charge is -2.40. The van der Waals surface area contributed by atoms with E-state index in [0.29, 0.717) is 11.3 Å². The van der Waals surface area contributed by atoms with Crippen molar-refractivity contribution >= 4 is 28.8 Å². The fourth-order valence-corrected chi connectivity index (χ4v) is 8.96. The zero-order valence-electron chi connectivity index (χ0n) is 30.5. The molecular formula is C47H42N2O4. The van der Waals surface area contributed by atoms with E-state index >= 15 is 0 Å². The van der Waals surface area contributed by atoms with Gasteiger partial charge in [-0.15, -0.1) is 0 Å². The second-order valence-electron chi connectivity index (χ2n) is 14.7. The number of piperazine rings is 1. The predicted octanol–water partition coefficient (Wildman–Crippen LogP) is 9.48. The summed E-state index contributed by atoms with van der Waals surface area (Å²) in [5.74, 6) is 2.16. The summed E-state index contributed by atoms with van der Waals surface area (Å²) in [6, 6.07) is 40.5. The molecule has 264 valence electrons. The molecule has 1 aliphatic carbocycles. The minimum atomic E-state index is -0.918. The van der Waals surface area contributed by atoms with Crippen LogP contribution in [0.3, 0.4) is 0 Å². The predicted molar refractivity (Wildman–Crippen MR) is 213 cm³/mol. The van der Waals surface area contributed by atoms with Gasteiger partial charge in [-0.2, -0.15) is 0 Å². The Hall–Kier alpha value is -5.85. The maximum absolute atomic E-state index is 12.4. The van der Waals surface area contributed by atoms with Crippen LogP contribution in [0.25, 0.3) is 28.0 Å². The van der Waals surface area contributed by atoms with Crippen LogP contribution in [0, 0.1) is 0 Å². The number of aldehydes is 1. The zero-order chi connectivity index (χ0) is 36.3. The molecule has 0 amide bonds. The summed E-state index contributed by atoms with van der Waals surface area (Å²) in [6.07, 6.45) is 5.37. The van der Waals surface area contributed by atoms with Gasteiger partial charge in [-0.25, -0.2) is 0 Å². The largest absolute Gasteiger partial charge is 0.497 e. The Bertz CT molecular complexity index is 2400. The van der Waals surface area contributed by atoms with Gasteiger partial charge < -0.3 is 24.4 Å². The van der Waals surface area contributed by atoms with Gasteiger partial charge in [0, 0.05) is 52.8 Å². The molecule has 6 heteroatoms. The number of carbonyl (C=O) groups is 1. The molecule has 9 rings (SSSR count). The number of hydrogen-bond donors (Lipinski definition) is 1. The molecule has 2 aliphatic heterocycles. The van der Waals surface area contributed by atoms with Crippen molar-refractivity contribution < 1.29 is 19.0 Å². The van der Waals surface area contributed by atoms with Gasteiger partial charge in [-0.3, -0.25) is 4.79 Å². The first kappa shape index (κ1) is 33.0. The number of rotatable bonds is 7. The highest BCUT2D eigenvalue weighted by atomic mass is 16.5. The third kappa shape index (κ3) is 5.07. The Balaban J connectivity index is 1.21. The molecule has 0 radical (unpaired) electrons. The van der Waals surface area contributed by atoms with Crippen molar-refractivity contribution in [2.24, 2.45) is 0 Å². The van der Waals surface area contributed by atoms with Crippen molar-refractivity contribution in [1.29, 1.82) is 0 Å². The van der Waals surface area contributed by atoms with E-state index in [0.717, 1.165) is 76.1 Å². The van der Waals surface area contributed by atoms with Gasteiger partial charge in [-0.1, -0.05) is 98.8 Å². The summed E-state index contributed by atoms with van der Waals surface area (Å²) in [5, 5.41) is 5.49. The Morgan fingerprint density at radius 3 is 2.30 bits per heavy atom. The summed E-state index contributed by atoms with van der Waals surface area (Å²) in [4.78, 5) is 14.9. The molecule has 1 N–H and O–H groups in total. The highest BCUT2D eigenvalue weighted by Gasteiger charge is 2.44. The topological polar surface area (TPSA) is 60.0 Å². The van der Waals surface area contributed by atoms with Crippen molar-refractivity contribution in [3.05, 3.63) is 160 Å². The number of methoxy groups -OCH3 is 2. The molecule has 6 aromatic carbocycles. The van der Waals surface area contributed by atoms with E-state index < -0.39 is 5.60 Å². The molecule has 6 aromatic rings. The van der Waals surface area contributed by atoms with E-state index in [9.17, 15) is 4.79 Å². The van der Waals surface area contributed by atoms with Gasteiger partial charge in [0.25, 0.3) is 0 Å². The molecule has 6 nitrogen and oxygen atoms in total. The zero-order valence-corrected chi connectivity index (χ0v) is 30.5. The molecule has 3 aliphatic rings. The van der Waals surface area contributed by atoms with Crippen LogP contribution in [-0.2, 0) is 11.0 Å². The lowest BCUT2D eigenvalue weighted by molar-refractivity contribution is 0.112. The van der Waals surface area contributed by atoms with Gasteiger partial charge in [0.1, 0.15) is 17.2 Å². The number of ether oxygens (including phenoxy) is 3. The monoisotopic (exact) mass is 698 g/mol. The average molecular weight is 699 g/mol. The first-order chi connectivity index (χ1) is 25.9. The van der Waals surface area contributed by atoms with Crippen molar-refractivity contribution in [2.45, 2.75) is 30.9 Å². The lowest BCUT2D eigenvalue weighted by Crippen LogP contribution is -2.46. The molecule has 0 spiro atoms. The summed E-state index contributed by atoms with van der Waals surface area (Å²) < 4.78 is 18.7. The van der Waals surface area contributed by atoms with Crippen molar-refractivity contribution in [1.82, 2.24) is 5.32 Å². The molecule has 1 saturated heterocycles. The van der Waals surface area contributed by atoms with Crippen molar-refractivity contribution in [2.75, 3.05) is 38.8 Å². The minimum absolute atomic E-state index is 0.188. The molecular weight excluding hydrogens is 657 g/mol. The number of hydrogen-bond acceptors (Lipinski definition) is 6. The van der Waals surface area contributed by atoms with Crippen LogP contribution in [0.4, 0.5) is 5.69 Å². The standard InChI is InChI=1S/C47H42N2O4/c1-46(2)40-13-9-8-12-36(40)43-38-26-31(29-50)42(52-4)27-39(38)45-37(44(43)46)22-23-47(53-45,32-10-6-5-7-11-32)33-16-18-34(19-17-33)49-25-24-48-28-41(49)30-14-20-35(51-3)21-15-30/h5-23,26-27,29,41,48H,24-25,28H2,1-4H3. The van der Waals surface area contributed by atoms with Gasteiger partial charge in [0.15, 0.2) is 11.9 Å². The van der Waals surface area contributed by atoms with Gasteiger partial charge in [-0.05, 0) is 75.7 Å². The maximum Gasteiger partial charge on any atom is 0.178 e. The van der Waals surface area contributed by atoms with Crippen LogP contribution in [0.15, 0.2) is 121 Å². The number of fused-ring (bicyclic) bond motifs is 8. The highest BCUT2D eigenvalue weighted by Crippen LogP contribution is 2.58. The molecule has 1 fully saturated rings. The van der Waals surface area contributed by atoms with Crippen LogP contribution < -0.4 is 24.4 Å². The van der Waals surface area contributed by atoms with Crippen LogP contribution in [0.2, 0.25) is 0 Å². The van der Waals surface area contributed by atoms with Crippen LogP contribution >= 0.6 is 0 Å². The number of nitrogens with zero attached hydrogens (tertiary/aromatic N) is 1. The summed E-state index contributed by atoms with van der Waals surface area (Å²) >= 11 is 0. The smallest absolute Gasteiger partial charge is 0.178 e. The molecule has 0 bridgehead atoms. The fourth-order valence-electron chi connectivity index (χ4n) is 8.96. The van der Waals surface area contributed by atoms with Crippen LogP contribution in [0.1, 0.15) is 63.6 Å². The molecule has 0 aromatic heterocycles. The third-order valence-electron chi connectivity index (χ3n) is 11.6. The van der Waals surface area contributed by atoms with Crippen molar-refractivity contribution in [3.8, 4) is 28.4 Å². The Morgan fingerprint density at radius 1 is 0.830 bits per heavy atom. The first-order valence-corrected chi connectivity index (χ1v) is 18.3. The molecule has 2 atom stereocenters. The SMILES string of the molecule is COc1ccc(C2CNCCN2c2ccc(C3(c4ccccc4)C=Cc4c5c(c6cc(C=O)c(OC)cc6c4O3)-c3ccccc3C5(C)C)cc2)cc1. The summed E-state index contributed by atoms with van der Waals surface area (Å²) in [6.45, 7) is 7.24. The molecule has 53 heavy (non-hydrogen) atoms. The van der Waals surface area contributed by atoms with Gasteiger partial charge in [0.2, 0.25) is 0 Å². The van der Waals surface area contributed by atoms with Crippen molar-refractivity contribution in [3.63, 3.8) is 0 Å². The quantitative estimate of drug-likeness (QED) is 0.168. The second kappa shape index (κ2) is 12.7. The lowest BCUT2D eigenvalue weighted by atomic mass is 9.76. The summed E-state index contributed by atoms with van der Waals surface area (Å²) in [7, 11) is 3.31. The van der Waals surface area contributed by atoms with Gasteiger partial charge in [0.05, 0.1) is 25.8 Å². The second-order valence-corrected chi connectivity index (χ2v) is 14.7. The van der Waals surface area contributed by atoms with E-state index in [1.54, 1.807) is 14.2 Å². The van der Waals surface area contributed by atoms with Gasteiger partial charge >= 0.3 is 0 Å². The minimum Gasteiger partial charge on any atom is -0.497 e. The Kier molecular flexibility index (Phi) is 7.90. The number of benzene rings is 6. The Morgan fingerprint density at radius 2 is 1.57 bits per heavy atom. The molecule has 0 saturated carbocycles. The normalized spacial score (nSPS) is 19.5. The molecule has 2 heterocycles. The van der Waals surface area contributed by atoms with Crippen LogP contribution in [0.5, 0.6) is 17.2 Å². The first-order valence-electron chi connectivity index (χ1n) is 18.3. The van der Waals surface area contributed by atoms with E-state index in [-0.39, 0.29) is 11.5 Å². The highest BCUT2D eigenvalue weighted by molar-refractivity contribution is 6.10. The maximum atomic E-state index is 12.4.